The van der Waals surface area contributed by atoms with Gasteiger partial charge in [0.2, 0.25) is 0 Å². The summed E-state index contributed by atoms with van der Waals surface area (Å²) in [7, 11) is -3.81. The van der Waals surface area contributed by atoms with Gasteiger partial charge in [0.15, 0.2) is 0 Å². The monoisotopic (exact) mass is 409 g/mol. The standard InChI is InChI=1S/C22H23N3O3S/c1-17-21(22(26)24-13-12-19-9-5-6-10-20(19)15-24)16-25(29(27,28)23-17)14-11-18-7-3-2-4-8-18/h2-10,16H,11-15H2,1H3. The van der Waals surface area contributed by atoms with Gasteiger partial charge in [-0.3, -0.25) is 9.10 Å². The van der Waals surface area contributed by atoms with Crippen molar-refractivity contribution in [2.75, 3.05) is 13.1 Å². The zero-order chi connectivity index (χ0) is 20.4. The normalized spacial score (nSPS) is 18.0. The van der Waals surface area contributed by atoms with E-state index in [0.717, 1.165) is 17.5 Å². The van der Waals surface area contributed by atoms with E-state index < -0.39 is 10.2 Å². The van der Waals surface area contributed by atoms with Crippen molar-refractivity contribution in [1.29, 1.82) is 0 Å². The molecule has 0 bridgehead atoms. The van der Waals surface area contributed by atoms with E-state index in [1.165, 1.54) is 16.1 Å². The van der Waals surface area contributed by atoms with E-state index in [1.807, 2.05) is 48.5 Å². The fourth-order valence-electron chi connectivity index (χ4n) is 3.69. The van der Waals surface area contributed by atoms with Gasteiger partial charge in [-0.1, -0.05) is 54.6 Å². The lowest BCUT2D eigenvalue weighted by molar-refractivity contribution is -0.127. The van der Waals surface area contributed by atoms with Gasteiger partial charge in [0.25, 0.3) is 5.91 Å². The molecule has 7 heteroatoms. The quantitative estimate of drug-likeness (QED) is 0.780. The third-order valence-corrected chi connectivity index (χ3v) is 6.71. The Morgan fingerprint density at radius 3 is 2.48 bits per heavy atom. The van der Waals surface area contributed by atoms with Gasteiger partial charge < -0.3 is 4.90 Å². The van der Waals surface area contributed by atoms with E-state index in [4.69, 9.17) is 0 Å². The molecule has 0 aromatic heterocycles. The maximum atomic E-state index is 13.2. The van der Waals surface area contributed by atoms with Crippen LogP contribution in [-0.4, -0.2) is 42.3 Å². The minimum absolute atomic E-state index is 0.180. The first kappa shape index (κ1) is 19.4. The van der Waals surface area contributed by atoms with Crippen LogP contribution >= 0.6 is 0 Å². The van der Waals surface area contributed by atoms with E-state index in [9.17, 15) is 13.2 Å². The van der Waals surface area contributed by atoms with E-state index in [2.05, 4.69) is 10.5 Å². The molecule has 4 rings (SSSR count). The second-order valence-corrected chi connectivity index (χ2v) is 8.84. The van der Waals surface area contributed by atoms with Crippen LogP contribution in [0, 0.1) is 0 Å². The number of benzene rings is 2. The van der Waals surface area contributed by atoms with Crippen molar-refractivity contribution < 1.29 is 13.2 Å². The largest absolute Gasteiger partial charge is 0.344 e. The van der Waals surface area contributed by atoms with E-state index in [0.29, 0.717) is 25.1 Å². The Balaban J connectivity index is 1.54. The summed E-state index contributed by atoms with van der Waals surface area (Å²) in [4.78, 5) is 14.9. The van der Waals surface area contributed by atoms with Gasteiger partial charge in [-0.15, -0.1) is 4.40 Å². The topological polar surface area (TPSA) is 70.0 Å². The number of hydrogen-bond acceptors (Lipinski definition) is 3. The first-order valence-electron chi connectivity index (χ1n) is 9.64. The summed E-state index contributed by atoms with van der Waals surface area (Å²) in [6, 6.07) is 17.7. The maximum absolute atomic E-state index is 13.2. The second kappa shape index (κ2) is 7.83. The Morgan fingerprint density at radius 1 is 1.03 bits per heavy atom. The van der Waals surface area contributed by atoms with Crippen LogP contribution in [0.15, 0.2) is 70.8 Å². The summed E-state index contributed by atoms with van der Waals surface area (Å²) in [5, 5.41) is 0. The summed E-state index contributed by atoms with van der Waals surface area (Å²) in [6.45, 7) is 2.95. The summed E-state index contributed by atoms with van der Waals surface area (Å²) in [5.74, 6) is -0.180. The predicted molar refractivity (Wildman–Crippen MR) is 113 cm³/mol. The molecular formula is C22H23N3O3S. The van der Waals surface area contributed by atoms with Gasteiger partial charge in [0.05, 0.1) is 11.3 Å². The van der Waals surface area contributed by atoms with Crippen molar-refractivity contribution in [3.8, 4) is 0 Å². The van der Waals surface area contributed by atoms with Crippen molar-refractivity contribution in [2.24, 2.45) is 4.40 Å². The summed E-state index contributed by atoms with van der Waals surface area (Å²) in [5.41, 5.74) is 4.00. The summed E-state index contributed by atoms with van der Waals surface area (Å²) < 4.78 is 30.0. The number of carbonyl (C=O) groups excluding carboxylic acids is 1. The Kier molecular flexibility index (Phi) is 5.24. The van der Waals surface area contributed by atoms with Crippen LogP contribution < -0.4 is 0 Å². The smallest absolute Gasteiger partial charge is 0.334 e. The number of amides is 1. The molecule has 29 heavy (non-hydrogen) atoms. The van der Waals surface area contributed by atoms with Crippen molar-refractivity contribution in [3.05, 3.63) is 83.1 Å². The molecule has 2 aliphatic heterocycles. The molecule has 0 unspecified atom stereocenters. The molecule has 0 saturated carbocycles. The van der Waals surface area contributed by atoms with Gasteiger partial charge in [-0.05, 0) is 36.5 Å². The summed E-state index contributed by atoms with van der Waals surface area (Å²) >= 11 is 0. The predicted octanol–water partition coefficient (Wildman–Crippen LogP) is 2.72. The number of fused-ring (bicyclic) bond motifs is 1. The molecule has 150 valence electrons. The number of carbonyl (C=O) groups is 1. The van der Waals surface area contributed by atoms with E-state index in [-0.39, 0.29) is 18.2 Å². The Hall–Kier alpha value is -2.93. The van der Waals surface area contributed by atoms with Gasteiger partial charge in [-0.25, -0.2) is 0 Å². The molecule has 0 fully saturated rings. The molecular weight excluding hydrogens is 386 g/mol. The van der Waals surface area contributed by atoms with Crippen LogP contribution in [0.2, 0.25) is 0 Å². The van der Waals surface area contributed by atoms with Crippen LogP contribution in [-0.2, 0) is 34.4 Å². The van der Waals surface area contributed by atoms with Gasteiger partial charge in [-0.2, -0.15) is 8.42 Å². The van der Waals surface area contributed by atoms with Crippen LogP contribution in [0.1, 0.15) is 23.6 Å². The Labute approximate surface area is 171 Å². The molecule has 0 aliphatic carbocycles. The maximum Gasteiger partial charge on any atom is 0.344 e. The molecule has 2 aromatic rings. The summed E-state index contributed by atoms with van der Waals surface area (Å²) in [6.07, 6.45) is 2.79. The molecule has 0 radical (unpaired) electrons. The van der Waals surface area contributed by atoms with Crippen molar-refractivity contribution in [3.63, 3.8) is 0 Å². The average Bonchev–Trinajstić information content (AvgIpc) is 2.72. The van der Waals surface area contributed by atoms with Gasteiger partial charge in [0, 0.05) is 25.8 Å². The van der Waals surface area contributed by atoms with Crippen molar-refractivity contribution in [2.45, 2.75) is 26.3 Å². The average molecular weight is 410 g/mol. The first-order valence-corrected chi connectivity index (χ1v) is 11.0. The molecule has 0 N–H and O–H groups in total. The molecule has 0 spiro atoms. The van der Waals surface area contributed by atoms with Crippen molar-refractivity contribution >= 4 is 21.8 Å². The molecule has 6 nitrogen and oxygen atoms in total. The zero-order valence-corrected chi connectivity index (χ0v) is 17.1. The highest BCUT2D eigenvalue weighted by atomic mass is 32.2. The SMILES string of the molecule is CC1=NS(=O)(=O)N(CCc2ccccc2)C=C1C(=O)N1CCc2ccccc2C1. The van der Waals surface area contributed by atoms with Crippen LogP contribution in [0.5, 0.6) is 0 Å². The van der Waals surface area contributed by atoms with E-state index in [1.54, 1.807) is 11.8 Å². The molecule has 0 atom stereocenters. The number of hydrogen-bond donors (Lipinski definition) is 0. The molecule has 2 heterocycles. The van der Waals surface area contributed by atoms with Crippen LogP contribution in [0.4, 0.5) is 0 Å². The third kappa shape index (κ3) is 4.10. The molecule has 1 amide bonds. The van der Waals surface area contributed by atoms with Crippen LogP contribution in [0.25, 0.3) is 0 Å². The molecule has 2 aromatic carbocycles. The fraction of sp³-hybridized carbons (Fsp3) is 0.273. The minimum atomic E-state index is -3.81. The fourth-order valence-corrected chi connectivity index (χ4v) is 4.80. The molecule has 2 aliphatic rings. The number of nitrogens with zero attached hydrogens (tertiary/aromatic N) is 3. The zero-order valence-electron chi connectivity index (χ0n) is 16.3. The highest BCUT2D eigenvalue weighted by Gasteiger charge is 2.31. The Bertz CT molecular complexity index is 1090. The third-order valence-electron chi connectivity index (χ3n) is 5.32. The van der Waals surface area contributed by atoms with Crippen molar-refractivity contribution in [1.82, 2.24) is 9.21 Å². The highest BCUT2D eigenvalue weighted by molar-refractivity contribution is 7.88. The number of rotatable bonds is 4. The Morgan fingerprint density at radius 2 is 1.72 bits per heavy atom. The molecule has 0 saturated heterocycles. The second-order valence-electron chi connectivity index (χ2n) is 7.29. The van der Waals surface area contributed by atoms with Crippen LogP contribution in [0.3, 0.4) is 0 Å². The first-order chi connectivity index (χ1) is 13.9. The minimum Gasteiger partial charge on any atom is -0.334 e. The lowest BCUT2D eigenvalue weighted by atomic mass is 9.99. The van der Waals surface area contributed by atoms with Gasteiger partial charge in [0.1, 0.15) is 0 Å². The van der Waals surface area contributed by atoms with Gasteiger partial charge >= 0.3 is 10.2 Å². The highest BCUT2D eigenvalue weighted by Crippen LogP contribution is 2.23. The van der Waals surface area contributed by atoms with E-state index >= 15 is 0 Å². The lowest BCUT2D eigenvalue weighted by Crippen LogP contribution is -2.41. The lowest BCUT2D eigenvalue weighted by Gasteiger charge is -2.31.